The minimum Gasteiger partial charge on any atom is -0.490 e. The zero-order valence-electron chi connectivity index (χ0n) is 19.5. The molecule has 0 spiro atoms. The van der Waals surface area contributed by atoms with E-state index >= 15 is 0 Å². The van der Waals surface area contributed by atoms with Crippen molar-refractivity contribution in [3.05, 3.63) is 99.0 Å². The molecule has 0 unspecified atom stereocenters. The lowest BCUT2D eigenvalue weighted by atomic mass is 10.1. The summed E-state index contributed by atoms with van der Waals surface area (Å²) in [6.07, 6.45) is 1.55. The third-order valence-corrected chi connectivity index (χ3v) is 5.75. The van der Waals surface area contributed by atoms with Gasteiger partial charge in [0.15, 0.2) is 11.5 Å². The molecule has 0 aromatic heterocycles. The first-order valence-electron chi connectivity index (χ1n) is 11.0. The molecule has 3 aromatic rings. The number of benzene rings is 3. The molecule has 1 atom stereocenters. The topological polar surface area (TPSA) is 71.3 Å². The zero-order chi connectivity index (χ0) is 24.5. The zero-order valence-corrected chi connectivity index (χ0v) is 21.1. The maximum absolute atomic E-state index is 12.7. The first-order valence-corrected chi connectivity index (χ1v) is 11.8. The molecule has 0 bridgehead atoms. The summed E-state index contributed by atoms with van der Waals surface area (Å²) in [6, 6.07) is 23.1. The highest BCUT2D eigenvalue weighted by atomic mass is 79.9. The van der Waals surface area contributed by atoms with Gasteiger partial charge in [0.05, 0.1) is 17.1 Å². The van der Waals surface area contributed by atoms with Crippen molar-refractivity contribution in [1.29, 1.82) is 5.26 Å². The Bertz CT molecular complexity index is 1200. The van der Waals surface area contributed by atoms with E-state index in [-0.39, 0.29) is 11.6 Å². The number of carbonyl (C=O) groups excluding carboxylic acids is 1. The Hall–Kier alpha value is -3.56. The number of nitrogens with zero attached hydrogens (tertiary/aromatic N) is 1. The number of nitrogens with one attached hydrogen (secondary N) is 1. The van der Waals surface area contributed by atoms with Crippen LogP contribution in [0, 0.1) is 18.3 Å². The van der Waals surface area contributed by atoms with E-state index < -0.39 is 5.91 Å². The largest absolute Gasteiger partial charge is 0.490 e. The van der Waals surface area contributed by atoms with Crippen molar-refractivity contribution in [2.45, 2.75) is 33.4 Å². The quantitative estimate of drug-likeness (QED) is 0.258. The normalized spacial score (nSPS) is 11.9. The number of nitriles is 1. The summed E-state index contributed by atoms with van der Waals surface area (Å²) in [7, 11) is 0. The Morgan fingerprint density at radius 1 is 1.12 bits per heavy atom. The molecule has 0 aliphatic heterocycles. The molecule has 0 aliphatic carbocycles. The molecule has 3 rings (SSSR count). The first-order chi connectivity index (χ1) is 16.4. The fourth-order valence-corrected chi connectivity index (χ4v) is 3.90. The van der Waals surface area contributed by atoms with E-state index in [2.05, 4.69) is 21.2 Å². The summed E-state index contributed by atoms with van der Waals surface area (Å²) in [4.78, 5) is 12.7. The smallest absolute Gasteiger partial charge is 0.262 e. The molecule has 3 aromatic carbocycles. The Labute approximate surface area is 209 Å². The van der Waals surface area contributed by atoms with Gasteiger partial charge in [-0.3, -0.25) is 4.79 Å². The van der Waals surface area contributed by atoms with Crippen molar-refractivity contribution < 1.29 is 14.3 Å². The molecule has 5 nitrogen and oxygen atoms in total. The molecule has 0 aliphatic rings. The maximum Gasteiger partial charge on any atom is 0.262 e. The predicted molar refractivity (Wildman–Crippen MR) is 137 cm³/mol. The number of hydrogen-bond donors (Lipinski definition) is 1. The molecule has 34 heavy (non-hydrogen) atoms. The van der Waals surface area contributed by atoms with Gasteiger partial charge in [-0.15, -0.1) is 0 Å². The van der Waals surface area contributed by atoms with Crippen LogP contribution in [0.1, 0.15) is 42.1 Å². The number of rotatable bonds is 9. The Morgan fingerprint density at radius 2 is 1.82 bits per heavy atom. The van der Waals surface area contributed by atoms with Crippen LogP contribution in [0.3, 0.4) is 0 Å². The average Bonchev–Trinajstić information content (AvgIpc) is 2.83. The number of ether oxygens (including phenoxy) is 2. The van der Waals surface area contributed by atoms with Crippen molar-refractivity contribution in [2.75, 3.05) is 6.61 Å². The van der Waals surface area contributed by atoms with Gasteiger partial charge in [-0.2, -0.15) is 5.26 Å². The van der Waals surface area contributed by atoms with Crippen molar-refractivity contribution >= 4 is 27.9 Å². The number of carbonyl (C=O) groups is 1. The minimum absolute atomic E-state index is 0.00505. The van der Waals surface area contributed by atoms with Crippen LogP contribution in [0.2, 0.25) is 0 Å². The van der Waals surface area contributed by atoms with Gasteiger partial charge in [0, 0.05) is 0 Å². The van der Waals surface area contributed by atoms with Crippen LogP contribution in [0.15, 0.2) is 76.8 Å². The monoisotopic (exact) mass is 518 g/mol. The van der Waals surface area contributed by atoms with Crippen LogP contribution in [-0.4, -0.2) is 12.5 Å². The second-order valence-electron chi connectivity index (χ2n) is 7.81. The summed E-state index contributed by atoms with van der Waals surface area (Å²) in [6.45, 7) is 6.64. The average molecular weight is 519 g/mol. The number of aryl methyl sites for hydroxylation is 1. The highest BCUT2D eigenvalue weighted by Gasteiger charge is 2.16. The van der Waals surface area contributed by atoms with E-state index in [9.17, 15) is 10.1 Å². The first kappa shape index (κ1) is 25.1. The molecule has 6 heteroatoms. The van der Waals surface area contributed by atoms with Crippen LogP contribution in [0.4, 0.5) is 0 Å². The van der Waals surface area contributed by atoms with Gasteiger partial charge in [-0.1, -0.05) is 60.2 Å². The Balaban J connectivity index is 1.81. The lowest BCUT2D eigenvalue weighted by molar-refractivity contribution is -0.117. The molecular formula is C28H27BrN2O3. The molecule has 174 valence electrons. The highest BCUT2D eigenvalue weighted by Crippen LogP contribution is 2.38. The van der Waals surface area contributed by atoms with E-state index in [1.807, 2.05) is 81.4 Å². The molecule has 0 saturated heterocycles. The molecule has 0 radical (unpaired) electrons. The van der Waals surface area contributed by atoms with E-state index in [0.717, 1.165) is 11.1 Å². The minimum atomic E-state index is -0.437. The fourth-order valence-electron chi connectivity index (χ4n) is 3.33. The van der Waals surface area contributed by atoms with Gasteiger partial charge >= 0.3 is 0 Å². The Kier molecular flexibility index (Phi) is 8.89. The maximum atomic E-state index is 12.7. The van der Waals surface area contributed by atoms with Crippen LogP contribution in [0.5, 0.6) is 11.5 Å². The lowest BCUT2D eigenvalue weighted by Crippen LogP contribution is -2.27. The fraction of sp³-hybridized carbons (Fsp3) is 0.214. The summed E-state index contributed by atoms with van der Waals surface area (Å²) >= 11 is 3.56. The van der Waals surface area contributed by atoms with Crippen molar-refractivity contribution in [1.82, 2.24) is 5.32 Å². The molecule has 1 amide bonds. The number of amides is 1. The number of hydrogen-bond acceptors (Lipinski definition) is 4. The van der Waals surface area contributed by atoms with Crippen molar-refractivity contribution in [3.63, 3.8) is 0 Å². The number of halogens is 1. The van der Waals surface area contributed by atoms with Crippen LogP contribution in [-0.2, 0) is 11.4 Å². The third kappa shape index (κ3) is 6.72. The van der Waals surface area contributed by atoms with Gasteiger partial charge in [0.1, 0.15) is 18.2 Å². The van der Waals surface area contributed by atoms with Crippen LogP contribution in [0.25, 0.3) is 6.08 Å². The summed E-state index contributed by atoms with van der Waals surface area (Å²) < 4.78 is 12.5. The second-order valence-corrected chi connectivity index (χ2v) is 8.67. The standard InChI is InChI=1S/C28H27BrN2O3/c1-4-33-26-16-22(15-25(29)27(26)34-18-21-12-10-19(2)11-13-21)14-24(17-30)28(32)31-20(3)23-8-6-5-7-9-23/h5-16,20H,4,18H2,1-3H3,(H,31,32)/b24-14-/t20-/m1/s1. The molecule has 0 saturated carbocycles. The third-order valence-electron chi connectivity index (χ3n) is 5.16. The van der Waals surface area contributed by atoms with E-state index in [4.69, 9.17) is 9.47 Å². The second kappa shape index (κ2) is 12.1. The van der Waals surface area contributed by atoms with Gasteiger partial charge in [0.25, 0.3) is 5.91 Å². The van der Waals surface area contributed by atoms with Crippen LogP contribution >= 0.6 is 15.9 Å². The molecular weight excluding hydrogens is 492 g/mol. The highest BCUT2D eigenvalue weighted by molar-refractivity contribution is 9.10. The van der Waals surface area contributed by atoms with Gasteiger partial charge < -0.3 is 14.8 Å². The van der Waals surface area contributed by atoms with Crippen LogP contribution < -0.4 is 14.8 Å². The summed E-state index contributed by atoms with van der Waals surface area (Å²) in [5.74, 6) is 0.665. The van der Waals surface area contributed by atoms with Crippen molar-refractivity contribution in [3.8, 4) is 17.6 Å². The molecule has 0 heterocycles. The van der Waals surface area contributed by atoms with Crippen molar-refractivity contribution in [2.24, 2.45) is 0 Å². The Morgan fingerprint density at radius 3 is 2.47 bits per heavy atom. The van der Waals surface area contributed by atoms with Gasteiger partial charge in [-0.25, -0.2) is 0 Å². The van der Waals surface area contributed by atoms with E-state index in [1.165, 1.54) is 5.56 Å². The lowest BCUT2D eigenvalue weighted by Gasteiger charge is -2.16. The van der Waals surface area contributed by atoms with Gasteiger partial charge in [0.2, 0.25) is 0 Å². The van der Waals surface area contributed by atoms with E-state index in [1.54, 1.807) is 18.2 Å². The SMILES string of the molecule is CCOc1cc(/C=C(/C#N)C(=O)N[C@H](C)c2ccccc2)cc(Br)c1OCc1ccc(C)cc1. The van der Waals surface area contributed by atoms with E-state index in [0.29, 0.717) is 34.7 Å². The molecule has 0 fully saturated rings. The summed E-state index contributed by atoms with van der Waals surface area (Å²) in [5, 5.41) is 12.5. The summed E-state index contributed by atoms with van der Waals surface area (Å²) in [5.41, 5.74) is 3.85. The predicted octanol–water partition coefficient (Wildman–Crippen LogP) is 6.52. The molecule has 1 N–H and O–H groups in total. The van der Waals surface area contributed by atoms with Gasteiger partial charge in [-0.05, 0) is 71.6 Å².